The van der Waals surface area contributed by atoms with Crippen molar-refractivity contribution in [2.75, 3.05) is 27.7 Å². The van der Waals surface area contributed by atoms with Crippen LogP contribution in [0.4, 0.5) is 0 Å². The summed E-state index contributed by atoms with van der Waals surface area (Å²) in [4.78, 5) is 45.6. The molecule has 1 atom stereocenters. The molecule has 0 heterocycles. The van der Waals surface area contributed by atoms with Gasteiger partial charge in [-0.1, -0.05) is 6.92 Å². The molecule has 0 aliphatic rings. The van der Waals surface area contributed by atoms with Gasteiger partial charge in [-0.05, 0) is 6.42 Å². The molecule has 0 spiro atoms. The van der Waals surface area contributed by atoms with E-state index in [4.69, 9.17) is 9.84 Å². The number of quaternary nitrogens is 1. The highest BCUT2D eigenvalue weighted by Gasteiger charge is 2.25. The Balaban J connectivity index is 4.33. The van der Waals surface area contributed by atoms with Gasteiger partial charge in [0.2, 0.25) is 0 Å². The SMILES string of the molecule is CCCC(=O)CC(=O)CCC(=O)OC(CC(=O)O)C[N+](C)(C)C. The fourth-order valence-electron chi connectivity index (χ4n) is 2.11. The third kappa shape index (κ3) is 12.5. The highest BCUT2D eigenvalue weighted by molar-refractivity contribution is 5.99. The van der Waals surface area contributed by atoms with E-state index in [-0.39, 0.29) is 37.2 Å². The molecule has 7 heteroatoms. The fraction of sp³-hybridized carbons (Fsp3) is 0.750. The predicted octanol–water partition coefficient (Wildman–Crippen LogP) is 1.19. The third-order valence-corrected chi connectivity index (χ3v) is 2.98. The van der Waals surface area contributed by atoms with E-state index < -0.39 is 18.0 Å². The molecule has 0 radical (unpaired) electrons. The van der Waals surface area contributed by atoms with Gasteiger partial charge in [0, 0.05) is 12.8 Å². The topological polar surface area (TPSA) is 97.7 Å². The third-order valence-electron chi connectivity index (χ3n) is 2.98. The smallest absolute Gasteiger partial charge is 0.307 e. The molecule has 0 saturated carbocycles. The molecule has 132 valence electrons. The Morgan fingerprint density at radius 1 is 1.00 bits per heavy atom. The van der Waals surface area contributed by atoms with Gasteiger partial charge in [-0.25, -0.2) is 0 Å². The van der Waals surface area contributed by atoms with Crippen LogP contribution in [0.1, 0.15) is 45.4 Å². The average Bonchev–Trinajstić information content (AvgIpc) is 2.33. The molecule has 23 heavy (non-hydrogen) atoms. The number of Topliss-reactive ketones (excluding diaryl/α,β-unsaturated/α-hetero) is 2. The van der Waals surface area contributed by atoms with Crippen molar-refractivity contribution < 1.29 is 33.5 Å². The number of nitrogens with zero attached hydrogens (tertiary/aromatic N) is 1. The van der Waals surface area contributed by atoms with Crippen LogP contribution in [0.5, 0.6) is 0 Å². The van der Waals surface area contributed by atoms with Gasteiger partial charge in [0.15, 0.2) is 6.10 Å². The van der Waals surface area contributed by atoms with Crippen LogP contribution in [0, 0.1) is 0 Å². The number of likely N-dealkylation sites (N-methyl/N-ethyl adjacent to an activating group) is 1. The van der Waals surface area contributed by atoms with E-state index in [0.717, 1.165) is 0 Å². The maximum absolute atomic E-state index is 11.8. The summed E-state index contributed by atoms with van der Waals surface area (Å²) < 4.78 is 5.62. The van der Waals surface area contributed by atoms with Gasteiger partial charge in [-0.2, -0.15) is 0 Å². The van der Waals surface area contributed by atoms with Crippen molar-refractivity contribution in [1.29, 1.82) is 0 Å². The normalized spacial score (nSPS) is 12.5. The fourth-order valence-corrected chi connectivity index (χ4v) is 2.11. The summed E-state index contributed by atoms with van der Waals surface area (Å²) in [7, 11) is 5.60. The zero-order chi connectivity index (χ0) is 18.0. The van der Waals surface area contributed by atoms with E-state index in [1.807, 2.05) is 28.1 Å². The van der Waals surface area contributed by atoms with Crippen molar-refractivity contribution in [3.05, 3.63) is 0 Å². The molecule has 0 aliphatic carbocycles. The molecule has 0 aliphatic heterocycles. The van der Waals surface area contributed by atoms with Gasteiger partial charge in [0.1, 0.15) is 18.1 Å². The molecule has 0 fully saturated rings. The first-order valence-electron chi connectivity index (χ1n) is 7.78. The van der Waals surface area contributed by atoms with Gasteiger partial charge >= 0.3 is 11.9 Å². The molecule has 1 N–H and O–H groups in total. The molecule has 0 saturated heterocycles. The summed E-state index contributed by atoms with van der Waals surface area (Å²) in [6.45, 7) is 2.22. The molecular formula is C16H28NO6+. The van der Waals surface area contributed by atoms with Gasteiger partial charge in [-0.15, -0.1) is 0 Å². The number of ketones is 2. The number of hydrogen-bond donors (Lipinski definition) is 1. The van der Waals surface area contributed by atoms with Gasteiger partial charge in [0.25, 0.3) is 0 Å². The van der Waals surface area contributed by atoms with Crippen molar-refractivity contribution in [1.82, 2.24) is 0 Å². The number of carboxylic acid groups (broad SMARTS) is 1. The van der Waals surface area contributed by atoms with E-state index in [1.54, 1.807) is 0 Å². The molecule has 0 rings (SSSR count). The van der Waals surface area contributed by atoms with Crippen LogP contribution in [-0.2, 0) is 23.9 Å². The van der Waals surface area contributed by atoms with Crippen LogP contribution < -0.4 is 0 Å². The molecule has 7 nitrogen and oxygen atoms in total. The van der Waals surface area contributed by atoms with Crippen molar-refractivity contribution in [3.8, 4) is 0 Å². The molecule has 0 bridgehead atoms. The first-order valence-corrected chi connectivity index (χ1v) is 7.78. The Labute approximate surface area is 137 Å². The van der Waals surface area contributed by atoms with E-state index in [0.29, 0.717) is 23.9 Å². The number of esters is 1. The molecule has 1 unspecified atom stereocenters. The second kappa shape index (κ2) is 10.1. The Kier molecular flexibility index (Phi) is 9.32. The van der Waals surface area contributed by atoms with Crippen molar-refractivity contribution in [2.24, 2.45) is 0 Å². The highest BCUT2D eigenvalue weighted by atomic mass is 16.5. The van der Waals surface area contributed by atoms with Gasteiger partial charge in [-0.3, -0.25) is 19.2 Å². The quantitative estimate of drug-likeness (QED) is 0.328. The minimum absolute atomic E-state index is 0.0571. The van der Waals surface area contributed by atoms with Gasteiger partial charge < -0.3 is 14.3 Å². The Morgan fingerprint density at radius 2 is 1.57 bits per heavy atom. The number of carbonyl (C=O) groups is 4. The van der Waals surface area contributed by atoms with Crippen LogP contribution in [0.25, 0.3) is 0 Å². The van der Waals surface area contributed by atoms with E-state index >= 15 is 0 Å². The molecule has 0 aromatic rings. The second-order valence-electron chi connectivity index (χ2n) is 6.69. The van der Waals surface area contributed by atoms with E-state index in [9.17, 15) is 19.2 Å². The summed E-state index contributed by atoms with van der Waals surface area (Å²) in [5.41, 5.74) is 0. The van der Waals surface area contributed by atoms with Crippen molar-refractivity contribution in [2.45, 2.75) is 51.6 Å². The summed E-state index contributed by atoms with van der Waals surface area (Å²) in [6, 6.07) is 0. The average molecular weight is 330 g/mol. The second-order valence-corrected chi connectivity index (χ2v) is 6.69. The first-order chi connectivity index (χ1) is 10.5. The Hall–Kier alpha value is -1.76. The summed E-state index contributed by atoms with van der Waals surface area (Å²) in [5.74, 6) is -2.07. The zero-order valence-electron chi connectivity index (χ0n) is 14.5. The standard InChI is InChI=1S/C16H27NO6/c1-5-6-12(18)9-13(19)7-8-16(22)23-14(10-15(20)21)11-17(2,3)4/h14H,5-11H2,1-4H3/p+1. The highest BCUT2D eigenvalue weighted by Crippen LogP contribution is 2.08. The van der Waals surface area contributed by atoms with E-state index in [1.165, 1.54) is 0 Å². The van der Waals surface area contributed by atoms with Crippen LogP contribution in [-0.4, -0.2) is 66.9 Å². The van der Waals surface area contributed by atoms with Crippen LogP contribution >= 0.6 is 0 Å². The molecule has 0 amide bonds. The largest absolute Gasteiger partial charge is 0.481 e. The molecule has 0 aromatic carbocycles. The van der Waals surface area contributed by atoms with Crippen LogP contribution in [0.15, 0.2) is 0 Å². The lowest BCUT2D eigenvalue weighted by atomic mass is 10.1. The minimum atomic E-state index is -1.04. The maximum Gasteiger partial charge on any atom is 0.307 e. The number of carbonyl (C=O) groups excluding carboxylic acids is 3. The number of carboxylic acids is 1. The lowest BCUT2D eigenvalue weighted by molar-refractivity contribution is -0.873. The number of ether oxygens (including phenoxy) is 1. The summed E-state index contributed by atoms with van der Waals surface area (Å²) >= 11 is 0. The lowest BCUT2D eigenvalue weighted by Gasteiger charge is -2.28. The monoisotopic (exact) mass is 330 g/mol. The number of rotatable bonds is 12. The maximum atomic E-state index is 11.8. The Morgan fingerprint density at radius 3 is 2.04 bits per heavy atom. The number of aliphatic carboxylic acids is 1. The summed E-state index contributed by atoms with van der Waals surface area (Å²) in [5, 5.41) is 8.87. The molecular weight excluding hydrogens is 302 g/mol. The summed E-state index contributed by atoms with van der Waals surface area (Å²) in [6.07, 6.45) is -0.305. The minimum Gasteiger partial charge on any atom is -0.481 e. The van der Waals surface area contributed by atoms with Crippen LogP contribution in [0.2, 0.25) is 0 Å². The van der Waals surface area contributed by atoms with E-state index in [2.05, 4.69) is 0 Å². The molecule has 0 aromatic heterocycles. The first kappa shape index (κ1) is 21.2. The van der Waals surface area contributed by atoms with Crippen molar-refractivity contribution >= 4 is 23.5 Å². The zero-order valence-corrected chi connectivity index (χ0v) is 14.5. The van der Waals surface area contributed by atoms with Crippen molar-refractivity contribution in [3.63, 3.8) is 0 Å². The lowest BCUT2D eigenvalue weighted by Crippen LogP contribution is -2.43. The van der Waals surface area contributed by atoms with Gasteiger partial charge in [0.05, 0.1) is 40.4 Å². The number of hydrogen-bond acceptors (Lipinski definition) is 5. The predicted molar refractivity (Wildman–Crippen MR) is 83.8 cm³/mol. The Bertz CT molecular complexity index is 438. The van der Waals surface area contributed by atoms with Crippen LogP contribution in [0.3, 0.4) is 0 Å².